The van der Waals surface area contributed by atoms with Gasteiger partial charge in [-0.25, -0.2) is 26.6 Å². The van der Waals surface area contributed by atoms with Crippen molar-refractivity contribution in [1.82, 2.24) is 19.4 Å². The summed E-state index contributed by atoms with van der Waals surface area (Å²) >= 11 is 6.26. The topological polar surface area (TPSA) is 168 Å². The number of hydrogen-bond donors (Lipinski definition) is 1. The molecule has 20 heteroatoms. The van der Waals surface area contributed by atoms with Crippen molar-refractivity contribution in [3.05, 3.63) is 117 Å². The quantitative estimate of drug-likeness (QED) is 0.0382. The number of fused-ring (bicyclic) bond motifs is 1. The van der Waals surface area contributed by atoms with Gasteiger partial charge in [0.25, 0.3) is 15.9 Å². The number of aromatic nitrogens is 2. The van der Waals surface area contributed by atoms with Gasteiger partial charge in [0, 0.05) is 108 Å². The Bertz CT molecular complexity index is 2920. The second kappa shape index (κ2) is 21.3. The largest absolute Gasteiger partial charge is 0.483 e. The average Bonchev–Trinajstić information content (AvgIpc) is 3.73. The number of allylic oxidation sites excluding steroid dienone is 1. The fraction of sp³-hybridized carbons (Fsp3) is 0.451. The lowest BCUT2D eigenvalue weighted by atomic mass is 9.72. The van der Waals surface area contributed by atoms with Gasteiger partial charge in [0.15, 0.2) is 5.75 Å². The molecule has 2 saturated heterocycles. The van der Waals surface area contributed by atoms with E-state index in [2.05, 4.69) is 60.5 Å². The van der Waals surface area contributed by atoms with Crippen LogP contribution in [0, 0.1) is 21.3 Å². The van der Waals surface area contributed by atoms with Crippen molar-refractivity contribution in [2.45, 2.75) is 88.9 Å². The van der Waals surface area contributed by atoms with Gasteiger partial charge in [-0.3, -0.25) is 19.8 Å². The van der Waals surface area contributed by atoms with Gasteiger partial charge in [-0.15, -0.1) is 0 Å². The molecule has 0 spiro atoms. The molecule has 0 radical (unpaired) electrons. The number of nitrogens with one attached hydrogen (secondary N) is 1. The minimum atomic E-state index is -4.77. The molecule has 8 rings (SSSR count). The minimum Gasteiger partial charge on any atom is -0.483 e. The molecular formula is C51H61ClF2N6O9SSi. The fourth-order valence-corrected chi connectivity index (χ4v) is 10.9. The van der Waals surface area contributed by atoms with Crippen molar-refractivity contribution in [2.24, 2.45) is 5.41 Å². The zero-order chi connectivity index (χ0) is 50.7. The third-order valence-corrected chi connectivity index (χ3v) is 16.7. The van der Waals surface area contributed by atoms with E-state index in [1.807, 2.05) is 16.9 Å². The number of piperazine rings is 1. The average molecular weight is 1040 g/mol. The van der Waals surface area contributed by atoms with Crippen molar-refractivity contribution in [2.75, 3.05) is 64.1 Å². The molecule has 4 aromatic carbocycles. The number of hydrogen-bond acceptors (Lipinski definition) is 12. The number of nitrogens with zero attached hydrogens (tertiary/aromatic N) is 5. The number of nitro benzene ring substituents is 1. The van der Waals surface area contributed by atoms with Crippen LogP contribution in [0.5, 0.6) is 17.2 Å². The predicted octanol–water partition coefficient (Wildman–Crippen LogP) is 10.6. The van der Waals surface area contributed by atoms with Crippen LogP contribution in [0.25, 0.3) is 16.5 Å². The Morgan fingerprint density at radius 3 is 2.39 bits per heavy atom. The van der Waals surface area contributed by atoms with Crippen molar-refractivity contribution in [1.29, 1.82) is 0 Å². The van der Waals surface area contributed by atoms with E-state index in [4.69, 9.17) is 30.5 Å². The van der Waals surface area contributed by atoms with Gasteiger partial charge < -0.3 is 23.8 Å². The predicted molar refractivity (Wildman–Crippen MR) is 272 cm³/mol. The third kappa shape index (κ3) is 13.0. The molecule has 3 aliphatic rings. The Labute approximate surface area is 419 Å². The summed E-state index contributed by atoms with van der Waals surface area (Å²) in [6.45, 7) is 15.3. The number of alkyl halides is 1. The van der Waals surface area contributed by atoms with Gasteiger partial charge in [-0.05, 0) is 78.3 Å². The van der Waals surface area contributed by atoms with E-state index in [9.17, 15) is 23.3 Å². The summed E-state index contributed by atoms with van der Waals surface area (Å²) in [4.78, 5) is 29.5. The van der Waals surface area contributed by atoms with Crippen LogP contribution in [0.15, 0.2) is 89.5 Å². The van der Waals surface area contributed by atoms with Gasteiger partial charge in [-0.1, -0.05) is 62.8 Å². The molecule has 2 fully saturated rings. The summed E-state index contributed by atoms with van der Waals surface area (Å²) in [6.07, 6.45) is 4.64. The molecule has 71 heavy (non-hydrogen) atoms. The van der Waals surface area contributed by atoms with E-state index >= 15 is 8.78 Å². The number of benzene rings is 4. The van der Waals surface area contributed by atoms with Gasteiger partial charge in [0.05, 0.1) is 32.5 Å². The lowest BCUT2D eigenvalue weighted by Crippen LogP contribution is -2.47. The van der Waals surface area contributed by atoms with Gasteiger partial charge >= 0.3 is 5.69 Å². The Morgan fingerprint density at radius 2 is 1.69 bits per heavy atom. The Morgan fingerprint density at radius 1 is 0.958 bits per heavy atom. The van der Waals surface area contributed by atoms with E-state index in [-0.39, 0.29) is 61.0 Å². The van der Waals surface area contributed by atoms with Crippen LogP contribution >= 0.6 is 11.6 Å². The van der Waals surface area contributed by atoms with Crippen LogP contribution in [0.3, 0.4) is 0 Å². The van der Waals surface area contributed by atoms with E-state index in [1.165, 1.54) is 45.8 Å². The third-order valence-electron chi connectivity index (χ3n) is 13.4. The lowest BCUT2D eigenvalue weighted by Gasteiger charge is -2.39. The van der Waals surface area contributed by atoms with Crippen LogP contribution in [0.1, 0.15) is 61.9 Å². The van der Waals surface area contributed by atoms with Crippen LogP contribution in [-0.2, 0) is 26.2 Å². The summed E-state index contributed by atoms with van der Waals surface area (Å²) in [5.41, 5.74) is 2.50. The molecule has 380 valence electrons. The Kier molecular flexibility index (Phi) is 15.6. The van der Waals surface area contributed by atoms with Crippen molar-refractivity contribution in [3.8, 4) is 17.2 Å². The monoisotopic (exact) mass is 1030 g/mol. The molecule has 15 nitrogen and oxygen atoms in total. The summed E-state index contributed by atoms with van der Waals surface area (Å²) in [6, 6.07) is 19.1. The van der Waals surface area contributed by atoms with E-state index in [1.54, 1.807) is 12.1 Å². The summed E-state index contributed by atoms with van der Waals surface area (Å²) in [7, 11) is -6.15. The fourth-order valence-electron chi connectivity index (χ4n) is 9.08. The standard InChI is InChI=1S/C51H61ClF2N6O9SSi/c1-50(2)15-14-36(42(30-50)35-6-8-37(52)9-7-35)32-57-18-20-58(21-19-57)39-10-12-41(48(28-39)69-47-27-38(53)26-44-43(47)31-55-59(44)34-67-24-25-71(3,4)5)49(61)56-70(64,65)40-11-13-46(45(29-40)60(62)63)68-33-51(54)16-22-66-23-17-51/h6-13,26-29,31H,14-25,30,32-34H2,1-5H3,(H,56,61). The maximum Gasteiger partial charge on any atom is 0.312 e. The second-order valence-electron chi connectivity index (χ2n) is 20.7. The molecule has 0 atom stereocenters. The molecular weight excluding hydrogens is 974 g/mol. The van der Waals surface area contributed by atoms with Crippen LogP contribution in [0.4, 0.5) is 20.2 Å². The van der Waals surface area contributed by atoms with E-state index < -0.39 is 57.6 Å². The number of ether oxygens (including phenoxy) is 4. The van der Waals surface area contributed by atoms with Gasteiger partial charge in [-0.2, -0.15) is 5.10 Å². The molecule has 0 bridgehead atoms. The SMILES string of the molecule is CC1(C)CCC(CN2CCN(c3ccc(C(=O)NS(=O)(=O)c4ccc(OCC5(F)CCOCC5)c([N+](=O)[O-])c4)c(Oc4cc(F)cc5c4cnn5COCC[Si](C)(C)C)c3)CC2)=C(c2ccc(Cl)cc2)C1. The molecule has 0 unspecified atom stereocenters. The minimum absolute atomic E-state index is 0.0228. The second-order valence-corrected chi connectivity index (χ2v) is 28.4. The molecule has 1 amide bonds. The number of nitro groups is 1. The normalized spacial score (nSPS) is 17.6. The number of rotatable bonds is 18. The van der Waals surface area contributed by atoms with E-state index in [0.717, 1.165) is 63.1 Å². The van der Waals surface area contributed by atoms with E-state index in [0.29, 0.717) is 41.3 Å². The first-order valence-electron chi connectivity index (χ1n) is 23.9. The molecule has 1 aromatic heterocycles. The van der Waals surface area contributed by atoms with Crippen molar-refractivity contribution >= 4 is 63.5 Å². The first-order valence-corrected chi connectivity index (χ1v) is 29.5. The highest BCUT2D eigenvalue weighted by Gasteiger charge is 2.35. The highest BCUT2D eigenvalue weighted by molar-refractivity contribution is 7.90. The Hall–Kier alpha value is -5.44. The summed E-state index contributed by atoms with van der Waals surface area (Å²) in [5, 5.41) is 17.7. The first kappa shape index (κ1) is 51.9. The first-order chi connectivity index (χ1) is 33.6. The number of anilines is 1. The number of sulfonamides is 1. The van der Waals surface area contributed by atoms with Gasteiger partial charge in [0.2, 0.25) is 0 Å². The molecule has 3 heterocycles. The molecule has 1 N–H and O–H groups in total. The summed E-state index contributed by atoms with van der Waals surface area (Å²) < 4.78 is 85.1. The number of carbonyl (C=O) groups is 1. The van der Waals surface area contributed by atoms with Crippen LogP contribution in [-0.4, -0.2) is 107 Å². The zero-order valence-corrected chi connectivity index (χ0v) is 43.3. The van der Waals surface area contributed by atoms with Crippen molar-refractivity contribution in [3.63, 3.8) is 0 Å². The molecule has 5 aromatic rings. The highest BCUT2D eigenvalue weighted by atomic mass is 35.5. The molecule has 0 saturated carbocycles. The van der Waals surface area contributed by atoms with Gasteiger partial charge in [0.1, 0.15) is 36.3 Å². The number of carbonyl (C=O) groups excluding carboxylic acids is 1. The highest BCUT2D eigenvalue weighted by Crippen LogP contribution is 2.44. The number of halogens is 3. The lowest BCUT2D eigenvalue weighted by molar-refractivity contribution is -0.386. The number of amides is 1. The maximum atomic E-state index is 15.5. The molecule has 1 aliphatic carbocycles. The Balaban J connectivity index is 1.05. The smallest absolute Gasteiger partial charge is 0.312 e. The summed E-state index contributed by atoms with van der Waals surface area (Å²) in [5.74, 6) is -2.14. The maximum absolute atomic E-state index is 15.5. The van der Waals surface area contributed by atoms with Crippen LogP contribution in [0.2, 0.25) is 30.7 Å². The van der Waals surface area contributed by atoms with Crippen LogP contribution < -0.4 is 19.1 Å². The van der Waals surface area contributed by atoms with Crippen molar-refractivity contribution < 1.29 is 45.9 Å². The zero-order valence-electron chi connectivity index (χ0n) is 40.8. The molecule has 2 aliphatic heterocycles.